The van der Waals surface area contributed by atoms with Crippen LogP contribution in [0.1, 0.15) is 23.2 Å². The van der Waals surface area contributed by atoms with Crippen LogP contribution < -0.4 is 10.1 Å². The first-order valence-electron chi connectivity index (χ1n) is 6.35. The van der Waals surface area contributed by atoms with E-state index in [0.717, 1.165) is 0 Å². The highest BCUT2D eigenvalue weighted by molar-refractivity contribution is 5.97. The molecular weight excluding hydrogens is 246 g/mol. The van der Waals surface area contributed by atoms with E-state index in [2.05, 4.69) is 5.32 Å². The number of rotatable bonds is 4. The van der Waals surface area contributed by atoms with Crippen molar-refractivity contribution in [1.29, 1.82) is 0 Å². The van der Waals surface area contributed by atoms with Gasteiger partial charge in [0.05, 0.1) is 24.8 Å². The van der Waals surface area contributed by atoms with Gasteiger partial charge in [-0.3, -0.25) is 4.79 Å². The maximum atomic E-state index is 12.3. The molecule has 19 heavy (non-hydrogen) atoms. The average Bonchev–Trinajstić information content (AvgIpc) is 2.48. The molecule has 1 aliphatic heterocycles. The smallest absolute Gasteiger partial charge is 0.255 e. The van der Waals surface area contributed by atoms with Crippen molar-refractivity contribution in [1.82, 2.24) is 5.32 Å². The van der Waals surface area contributed by atoms with E-state index in [1.54, 1.807) is 18.2 Å². The summed E-state index contributed by atoms with van der Waals surface area (Å²) in [6.45, 7) is 1.01. The highest BCUT2D eigenvalue weighted by atomic mass is 16.5. The number of amides is 1. The fourth-order valence-electron chi connectivity index (χ4n) is 2.23. The van der Waals surface area contributed by atoms with Gasteiger partial charge >= 0.3 is 0 Å². The number of carbonyl (C=O) groups is 1. The van der Waals surface area contributed by atoms with E-state index in [4.69, 9.17) is 9.47 Å². The summed E-state index contributed by atoms with van der Waals surface area (Å²) in [4.78, 5) is 12.3. The van der Waals surface area contributed by atoms with Crippen LogP contribution in [0.25, 0.3) is 0 Å². The molecule has 5 nitrogen and oxygen atoms in total. The molecule has 1 amide bonds. The average molecular weight is 265 g/mol. The molecule has 2 N–H and O–H groups in total. The van der Waals surface area contributed by atoms with Crippen LogP contribution in [0.4, 0.5) is 0 Å². The van der Waals surface area contributed by atoms with Crippen molar-refractivity contribution in [2.75, 3.05) is 26.9 Å². The van der Waals surface area contributed by atoms with Crippen molar-refractivity contribution in [2.45, 2.75) is 18.4 Å². The lowest BCUT2D eigenvalue weighted by Crippen LogP contribution is -2.54. The van der Waals surface area contributed by atoms with Gasteiger partial charge in [0.1, 0.15) is 5.75 Å². The summed E-state index contributed by atoms with van der Waals surface area (Å²) in [6.07, 6.45) is 1.23. The van der Waals surface area contributed by atoms with Crippen LogP contribution in [0.15, 0.2) is 24.3 Å². The molecule has 1 aromatic carbocycles. The van der Waals surface area contributed by atoms with Crippen molar-refractivity contribution in [3.63, 3.8) is 0 Å². The lowest BCUT2D eigenvalue weighted by Gasteiger charge is -2.36. The van der Waals surface area contributed by atoms with Crippen molar-refractivity contribution in [3.8, 4) is 5.75 Å². The first-order chi connectivity index (χ1) is 9.21. The Morgan fingerprint density at radius 2 is 2.11 bits per heavy atom. The highest BCUT2D eigenvalue weighted by Gasteiger charge is 2.34. The minimum Gasteiger partial charge on any atom is -0.496 e. The first kappa shape index (κ1) is 13.8. The second-order valence-corrected chi connectivity index (χ2v) is 4.71. The van der Waals surface area contributed by atoms with Gasteiger partial charge in [-0.05, 0) is 25.0 Å². The highest BCUT2D eigenvalue weighted by Crippen LogP contribution is 2.23. The number of nitrogens with one attached hydrogen (secondary N) is 1. The van der Waals surface area contributed by atoms with Gasteiger partial charge in [-0.25, -0.2) is 0 Å². The summed E-state index contributed by atoms with van der Waals surface area (Å²) in [5, 5.41) is 12.5. The summed E-state index contributed by atoms with van der Waals surface area (Å²) in [7, 11) is 1.53. The third-order valence-electron chi connectivity index (χ3n) is 3.48. The lowest BCUT2D eigenvalue weighted by atomic mass is 9.90. The first-order valence-corrected chi connectivity index (χ1v) is 6.35. The summed E-state index contributed by atoms with van der Waals surface area (Å²) in [5.41, 5.74) is -0.111. The molecule has 1 fully saturated rings. The molecule has 0 atom stereocenters. The van der Waals surface area contributed by atoms with E-state index < -0.39 is 5.54 Å². The lowest BCUT2D eigenvalue weighted by molar-refractivity contribution is 0.0125. The number of aliphatic hydroxyl groups excluding tert-OH is 1. The molecule has 104 valence electrons. The minimum absolute atomic E-state index is 0.0861. The maximum Gasteiger partial charge on any atom is 0.255 e. The van der Waals surface area contributed by atoms with Crippen LogP contribution in [0.5, 0.6) is 5.75 Å². The topological polar surface area (TPSA) is 67.8 Å². The van der Waals surface area contributed by atoms with Crippen LogP contribution in [-0.2, 0) is 4.74 Å². The molecule has 1 saturated heterocycles. The molecule has 0 bridgehead atoms. The Morgan fingerprint density at radius 1 is 1.42 bits per heavy atom. The molecule has 0 radical (unpaired) electrons. The molecule has 1 aliphatic rings. The van der Waals surface area contributed by atoms with Crippen molar-refractivity contribution < 1.29 is 19.4 Å². The van der Waals surface area contributed by atoms with Crippen LogP contribution in [-0.4, -0.2) is 43.5 Å². The van der Waals surface area contributed by atoms with E-state index >= 15 is 0 Å². The van der Waals surface area contributed by atoms with Gasteiger partial charge in [0, 0.05) is 13.2 Å². The van der Waals surface area contributed by atoms with Crippen molar-refractivity contribution in [3.05, 3.63) is 29.8 Å². The van der Waals surface area contributed by atoms with Gasteiger partial charge in [0.2, 0.25) is 0 Å². The Hall–Kier alpha value is -1.59. The van der Waals surface area contributed by atoms with Crippen molar-refractivity contribution >= 4 is 5.91 Å². The Bertz CT molecular complexity index is 441. The fourth-order valence-corrected chi connectivity index (χ4v) is 2.23. The van der Waals surface area contributed by atoms with Crippen LogP contribution in [0.3, 0.4) is 0 Å². The van der Waals surface area contributed by atoms with Crippen LogP contribution >= 0.6 is 0 Å². The quantitative estimate of drug-likeness (QED) is 0.851. The van der Waals surface area contributed by atoms with E-state index in [9.17, 15) is 9.90 Å². The summed E-state index contributed by atoms with van der Waals surface area (Å²) in [5.74, 6) is 0.300. The molecule has 0 saturated carbocycles. The fraction of sp³-hybridized carbons (Fsp3) is 0.500. The molecule has 2 rings (SSSR count). The molecule has 1 heterocycles. The molecule has 0 aliphatic carbocycles. The van der Waals surface area contributed by atoms with E-state index in [1.165, 1.54) is 7.11 Å². The zero-order chi connectivity index (χ0) is 13.7. The number of ether oxygens (including phenoxy) is 2. The maximum absolute atomic E-state index is 12.3. The van der Waals surface area contributed by atoms with Gasteiger partial charge in [-0.15, -0.1) is 0 Å². The third kappa shape index (κ3) is 3.05. The number of hydrogen-bond donors (Lipinski definition) is 2. The number of carbonyl (C=O) groups excluding carboxylic acids is 1. The van der Waals surface area contributed by atoms with Gasteiger partial charge < -0.3 is 19.9 Å². The van der Waals surface area contributed by atoms with Gasteiger partial charge in [0.15, 0.2) is 0 Å². The molecule has 1 aromatic rings. The zero-order valence-electron chi connectivity index (χ0n) is 11.0. The van der Waals surface area contributed by atoms with Crippen LogP contribution in [0.2, 0.25) is 0 Å². The van der Waals surface area contributed by atoms with Gasteiger partial charge in [0.25, 0.3) is 5.91 Å². The Kier molecular flexibility index (Phi) is 4.39. The third-order valence-corrected chi connectivity index (χ3v) is 3.48. The van der Waals surface area contributed by atoms with Crippen molar-refractivity contribution in [2.24, 2.45) is 0 Å². The molecule has 5 heteroatoms. The number of hydrogen-bond acceptors (Lipinski definition) is 4. The Labute approximate surface area is 112 Å². The standard InChI is InChI=1S/C14H19NO4/c1-18-12-5-3-2-4-11(12)13(17)15-14(10-16)6-8-19-9-7-14/h2-5,16H,6-10H2,1H3,(H,15,17). The summed E-state index contributed by atoms with van der Waals surface area (Å²) < 4.78 is 10.4. The molecule has 0 spiro atoms. The Morgan fingerprint density at radius 3 is 2.74 bits per heavy atom. The zero-order valence-corrected chi connectivity index (χ0v) is 11.0. The minimum atomic E-state index is -0.587. The second-order valence-electron chi connectivity index (χ2n) is 4.71. The predicted molar refractivity (Wildman–Crippen MR) is 70.3 cm³/mol. The second kappa shape index (κ2) is 6.04. The number of methoxy groups -OCH3 is 1. The molecule has 0 aromatic heterocycles. The number of para-hydroxylation sites is 1. The predicted octanol–water partition coefficient (Wildman–Crippen LogP) is 0.966. The largest absolute Gasteiger partial charge is 0.496 e. The summed E-state index contributed by atoms with van der Waals surface area (Å²) >= 11 is 0. The number of benzene rings is 1. The Balaban J connectivity index is 2.15. The SMILES string of the molecule is COc1ccccc1C(=O)NC1(CO)CCOCC1. The van der Waals surface area contributed by atoms with E-state index in [-0.39, 0.29) is 12.5 Å². The normalized spacial score (nSPS) is 17.8. The van der Waals surface area contributed by atoms with E-state index in [0.29, 0.717) is 37.4 Å². The van der Waals surface area contributed by atoms with Gasteiger partial charge in [-0.2, -0.15) is 0 Å². The molecular formula is C14H19NO4. The van der Waals surface area contributed by atoms with E-state index in [1.807, 2.05) is 6.07 Å². The summed E-state index contributed by atoms with van der Waals surface area (Å²) in [6, 6.07) is 7.04. The van der Waals surface area contributed by atoms with Gasteiger partial charge in [-0.1, -0.05) is 12.1 Å². The monoisotopic (exact) mass is 265 g/mol. The number of aliphatic hydroxyl groups is 1. The van der Waals surface area contributed by atoms with Crippen LogP contribution in [0, 0.1) is 0 Å². The molecule has 0 unspecified atom stereocenters.